The Morgan fingerprint density at radius 1 is 1.19 bits per heavy atom. The molecule has 6 nitrogen and oxygen atoms in total. The molecule has 3 aliphatic rings. The van der Waals surface area contributed by atoms with Gasteiger partial charge in [-0.15, -0.1) is 0 Å². The first-order valence-electron chi connectivity index (χ1n) is 14.2. The van der Waals surface area contributed by atoms with Gasteiger partial charge in [-0.25, -0.2) is 4.39 Å². The lowest BCUT2D eigenvalue weighted by molar-refractivity contribution is -0.141. The van der Waals surface area contributed by atoms with Crippen molar-refractivity contribution in [2.24, 2.45) is 11.3 Å². The van der Waals surface area contributed by atoms with Gasteiger partial charge in [0.25, 0.3) is 0 Å². The molecule has 2 amide bonds. The van der Waals surface area contributed by atoms with Crippen LogP contribution in [0.1, 0.15) is 84.6 Å². The van der Waals surface area contributed by atoms with E-state index in [-0.39, 0.29) is 35.5 Å². The fourth-order valence-electron chi connectivity index (χ4n) is 7.02. The number of benzene rings is 1. The summed E-state index contributed by atoms with van der Waals surface area (Å²) in [4.78, 5) is 35.2. The van der Waals surface area contributed by atoms with Gasteiger partial charge in [0.05, 0.1) is 6.04 Å². The Bertz CT molecular complexity index is 1150. The number of likely N-dealkylation sites (tertiary alicyclic amines) is 2. The minimum atomic E-state index is -0.578. The zero-order chi connectivity index (χ0) is 26.5. The van der Waals surface area contributed by atoms with Crippen molar-refractivity contribution in [1.82, 2.24) is 20.1 Å². The van der Waals surface area contributed by atoms with Gasteiger partial charge in [0.2, 0.25) is 11.8 Å². The summed E-state index contributed by atoms with van der Waals surface area (Å²) in [5, 5.41) is 4.16. The largest absolute Gasteiger partial charge is 0.361 e. The van der Waals surface area contributed by atoms with Gasteiger partial charge in [-0.1, -0.05) is 47.5 Å². The molecule has 2 aliphatic heterocycles. The molecule has 1 saturated carbocycles. The number of H-pyrrole nitrogens is 1. The number of hydrogen-bond donors (Lipinski definition) is 2. The Kier molecular flexibility index (Phi) is 7.12. The van der Waals surface area contributed by atoms with Crippen molar-refractivity contribution in [1.29, 1.82) is 0 Å². The summed E-state index contributed by atoms with van der Waals surface area (Å²) in [5.74, 6) is -0.267. The number of aromatic nitrogens is 1. The molecule has 2 N–H and O–H groups in total. The van der Waals surface area contributed by atoms with E-state index in [0.29, 0.717) is 18.6 Å². The molecule has 5 rings (SSSR count). The molecule has 3 heterocycles. The number of nitrogens with one attached hydrogen (secondary N) is 2. The number of halogens is 1. The molecule has 2 aromatic rings. The average Bonchev–Trinajstić information content (AvgIpc) is 3.64. The molecule has 37 heavy (non-hydrogen) atoms. The Morgan fingerprint density at radius 3 is 2.59 bits per heavy atom. The second-order valence-corrected chi connectivity index (χ2v) is 12.7. The fraction of sp³-hybridized carbons (Fsp3) is 0.667. The lowest BCUT2D eigenvalue weighted by atomic mass is 9.84. The Balaban J connectivity index is 1.50. The SMILES string of the molecule is CC[C@@H](C)C(=O)N[C@H](C(=O)N1CC[C@@H]2[C@H]1[C@@H](c1c[nH]c3cc(F)ccc13)CN2C1CCCC1)C(C)(C)C. The summed E-state index contributed by atoms with van der Waals surface area (Å²) in [6, 6.07) is 5.30. The van der Waals surface area contributed by atoms with Crippen molar-refractivity contribution < 1.29 is 14.0 Å². The maximum atomic E-state index is 14.3. The normalized spacial score (nSPS) is 26.5. The summed E-state index contributed by atoms with van der Waals surface area (Å²) in [7, 11) is 0. The van der Waals surface area contributed by atoms with Crippen LogP contribution in [0.2, 0.25) is 0 Å². The minimum Gasteiger partial charge on any atom is -0.361 e. The molecule has 1 aromatic carbocycles. The van der Waals surface area contributed by atoms with E-state index < -0.39 is 11.5 Å². The van der Waals surface area contributed by atoms with E-state index in [1.807, 2.05) is 46.9 Å². The molecule has 0 unspecified atom stereocenters. The van der Waals surface area contributed by atoms with Gasteiger partial charge in [-0.3, -0.25) is 14.5 Å². The lowest BCUT2D eigenvalue weighted by Gasteiger charge is -2.37. The summed E-state index contributed by atoms with van der Waals surface area (Å²) in [5.41, 5.74) is 1.56. The van der Waals surface area contributed by atoms with E-state index in [2.05, 4.69) is 20.1 Å². The Morgan fingerprint density at radius 2 is 1.92 bits per heavy atom. The van der Waals surface area contributed by atoms with Crippen LogP contribution in [-0.2, 0) is 9.59 Å². The molecule has 1 aliphatic carbocycles. The van der Waals surface area contributed by atoms with Crippen molar-refractivity contribution in [3.63, 3.8) is 0 Å². The van der Waals surface area contributed by atoms with Crippen molar-refractivity contribution >= 4 is 22.7 Å². The van der Waals surface area contributed by atoms with Gasteiger partial charge in [-0.05, 0) is 54.9 Å². The molecule has 2 saturated heterocycles. The van der Waals surface area contributed by atoms with Crippen LogP contribution in [0.5, 0.6) is 0 Å². The highest BCUT2D eigenvalue weighted by atomic mass is 19.1. The van der Waals surface area contributed by atoms with Gasteiger partial charge >= 0.3 is 0 Å². The summed E-state index contributed by atoms with van der Waals surface area (Å²) in [6.07, 6.45) is 8.70. The second kappa shape index (κ2) is 10.0. The third kappa shape index (κ3) is 4.80. The molecule has 0 radical (unpaired) electrons. The Hall–Kier alpha value is -2.41. The molecule has 3 fully saturated rings. The van der Waals surface area contributed by atoms with Crippen molar-refractivity contribution in [3.8, 4) is 0 Å². The van der Waals surface area contributed by atoms with E-state index in [4.69, 9.17) is 0 Å². The van der Waals surface area contributed by atoms with E-state index in [9.17, 15) is 14.0 Å². The van der Waals surface area contributed by atoms with Crippen LogP contribution in [0.25, 0.3) is 10.9 Å². The molecule has 202 valence electrons. The number of carbonyl (C=O) groups is 2. The monoisotopic (exact) mass is 510 g/mol. The van der Waals surface area contributed by atoms with E-state index >= 15 is 0 Å². The van der Waals surface area contributed by atoms with Gasteiger partial charge in [0.1, 0.15) is 11.9 Å². The van der Waals surface area contributed by atoms with Crippen molar-refractivity contribution in [3.05, 3.63) is 35.8 Å². The van der Waals surface area contributed by atoms with Crippen LogP contribution in [0.15, 0.2) is 24.4 Å². The van der Waals surface area contributed by atoms with Crippen LogP contribution in [-0.4, -0.2) is 63.9 Å². The summed E-state index contributed by atoms with van der Waals surface area (Å²) in [6.45, 7) is 11.6. The van der Waals surface area contributed by atoms with Crippen LogP contribution >= 0.6 is 0 Å². The highest BCUT2D eigenvalue weighted by Crippen LogP contribution is 2.46. The number of amides is 2. The maximum absolute atomic E-state index is 14.3. The number of aromatic amines is 1. The quantitative estimate of drug-likeness (QED) is 0.562. The van der Waals surface area contributed by atoms with E-state index in [1.54, 1.807) is 6.07 Å². The first-order valence-corrected chi connectivity index (χ1v) is 14.2. The predicted molar refractivity (Wildman–Crippen MR) is 145 cm³/mol. The number of carbonyl (C=O) groups excluding carboxylic acids is 2. The van der Waals surface area contributed by atoms with E-state index in [1.165, 1.54) is 37.3 Å². The third-order valence-electron chi connectivity index (χ3n) is 9.28. The highest BCUT2D eigenvalue weighted by Gasteiger charge is 2.54. The van der Waals surface area contributed by atoms with Crippen LogP contribution in [0.4, 0.5) is 4.39 Å². The van der Waals surface area contributed by atoms with Crippen molar-refractivity contribution in [2.75, 3.05) is 13.1 Å². The molecule has 1 aromatic heterocycles. The standard InChI is InChI=1S/C30H43FN4O2/c1-6-18(2)28(36)33-27(30(3,4)5)29(37)34-14-13-25-26(34)23(17-35(25)20-9-7-8-10-20)22-16-32-24-15-19(31)11-12-21(22)24/h11-12,15-16,18,20,23,25-27,32H,6-10,13-14,17H2,1-5H3,(H,33,36)/t18-,23-,25-,26-,27-/m1/s1. The topological polar surface area (TPSA) is 68.4 Å². The molecule has 5 atom stereocenters. The summed E-state index contributed by atoms with van der Waals surface area (Å²) >= 11 is 0. The van der Waals surface area contributed by atoms with Crippen molar-refractivity contribution in [2.45, 2.75) is 103 Å². The van der Waals surface area contributed by atoms with E-state index in [0.717, 1.165) is 30.3 Å². The minimum absolute atomic E-state index is 0.0285. The molecule has 0 spiro atoms. The molecular formula is C30H43FN4O2. The Labute approximate surface area is 220 Å². The summed E-state index contributed by atoms with van der Waals surface area (Å²) < 4.78 is 13.9. The highest BCUT2D eigenvalue weighted by molar-refractivity contribution is 5.90. The number of nitrogens with zero attached hydrogens (tertiary/aromatic N) is 2. The zero-order valence-electron chi connectivity index (χ0n) is 23.0. The van der Waals surface area contributed by atoms with Gasteiger partial charge in [-0.2, -0.15) is 0 Å². The molecular weight excluding hydrogens is 467 g/mol. The zero-order valence-corrected chi connectivity index (χ0v) is 23.0. The average molecular weight is 511 g/mol. The van der Waals surface area contributed by atoms with Crippen LogP contribution < -0.4 is 5.32 Å². The number of rotatable bonds is 6. The smallest absolute Gasteiger partial charge is 0.246 e. The van der Waals surface area contributed by atoms with Gasteiger partial charge < -0.3 is 15.2 Å². The van der Waals surface area contributed by atoms with Crippen LogP contribution in [0.3, 0.4) is 0 Å². The lowest BCUT2D eigenvalue weighted by Crippen LogP contribution is -2.57. The number of fused-ring (bicyclic) bond motifs is 2. The third-order valence-corrected chi connectivity index (χ3v) is 9.28. The first kappa shape index (κ1) is 26.2. The van der Waals surface area contributed by atoms with Gasteiger partial charge in [0.15, 0.2) is 0 Å². The predicted octanol–water partition coefficient (Wildman–Crippen LogP) is 5.20. The molecule has 0 bridgehead atoms. The number of hydrogen-bond acceptors (Lipinski definition) is 3. The maximum Gasteiger partial charge on any atom is 0.246 e. The fourth-order valence-corrected chi connectivity index (χ4v) is 7.02. The molecule has 7 heteroatoms. The first-order chi connectivity index (χ1) is 17.6. The van der Waals surface area contributed by atoms with Crippen LogP contribution in [0, 0.1) is 17.2 Å². The van der Waals surface area contributed by atoms with Gasteiger partial charge in [0, 0.05) is 54.1 Å². The second-order valence-electron chi connectivity index (χ2n) is 12.7.